The predicted molar refractivity (Wildman–Crippen MR) is 98.1 cm³/mol. The molecule has 0 aromatic heterocycles. The Morgan fingerprint density at radius 1 is 1.12 bits per heavy atom. The smallest absolute Gasteiger partial charge is 0.221 e. The van der Waals surface area contributed by atoms with E-state index in [1.54, 1.807) is 0 Å². The number of nitrogens with zero attached hydrogens (tertiary/aromatic N) is 2. The van der Waals surface area contributed by atoms with Crippen LogP contribution in [0.3, 0.4) is 0 Å². The van der Waals surface area contributed by atoms with Crippen molar-refractivity contribution in [2.45, 2.75) is 44.8 Å². The molecule has 2 heterocycles. The summed E-state index contributed by atoms with van der Waals surface area (Å²) < 4.78 is 0. The molecule has 2 N–H and O–H groups in total. The molecule has 1 amide bonds. The van der Waals surface area contributed by atoms with Crippen LogP contribution in [0, 0.1) is 0 Å². The molecule has 2 fully saturated rings. The van der Waals surface area contributed by atoms with Crippen LogP contribution >= 0.6 is 0 Å². The fourth-order valence-corrected chi connectivity index (χ4v) is 3.82. The summed E-state index contributed by atoms with van der Waals surface area (Å²) in [6.07, 6.45) is 3.87. The number of carbonyl (C=O) groups excluding carboxylic acids is 1. The number of piperidine rings is 1. The van der Waals surface area contributed by atoms with E-state index in [1.807, 2.05) is 12.1 Å². The third-order valence-corrected chi connectivity index (χ3v) is 5.29. The number of amides is 1. The summed E-state index contributed by atoms with van der Waals surface area (Å²) in [7, 11) is 2.22. The van der Waals surface area contributed by atoms with E-state index in [-0.39, 0.29) is 5.91 Å². The highest BCUT2D eigenvalue weighted by molar-refractivity contribution is 5.88. The normalized spacial score (nSPS) is 23.5. The maximum Gasteiger partial charge on any atom is 0.221 e. The Balaban J connectivity index is 1.42. The molecule has 0 radical (unpaired) electrons. The second-order valence-electron chi connectivity index (χ2n) is 7.27. The molecule has 1 unspecified atom stereocenters. The second kappa shape index (κ2) is 8.10. The number of likely N-dealkylation sites (tertiary alicyclic amines) is 2. The predicted octanol–water partition coefficient (Wildman–Crippen LogP) is 1.90. The van der Waals surface area contributed by atoms with Gasteiger partial charge in [0, 0.05) is 44.3 Å². The third-order valence-electron chi connectivity index (χ3n) is 5.29. The van der Waals surface area contributed by atoms with Crippen LogP contribution in [0.2, 0.25) is 0 Å². The van der Waals surface area contributed by atoms with Crippen LogP contribution < -0.4 is 10.6 Å². The molecule has 5 heteroatoms. The van der Waals surface area contributed by atoms with Gasteiger partial charge in [-0.25, -0.2) is 0 Å². The minimum Gasteiger partial charge on any atom is -0.326 e. The van der Waals surface area contributed by atoms with Crippen LogP contribution in [0.5, 0.6) is 0 Å². The molecule has 1 atom stereocenters. The highest BCUT2D eigenvalue weighted by atomic mass is 16.1. The molecule has 132 valence electrons. The lowest BCUT2D eigenvalue weighted by atomic mass is 10.0. The molecule has 2 aliphatic heterocycles. The van der Waals surface area contributed by atoms with Crippen molar-refractivity contribution in [2.75, 3.05) is 38.5 Å². The maximum atomic E-state index is 11.0. The molecule has 1 aromatic carbocycles. The average molecular weight is 330 g/mol. The summed E-state index contributed by atoms with van der Waals surface area (Å²) in [4.78, 5) is 16.2. The molecule has 5 nitrogen and oxygen atoms in total. The van der Waals surface area contributed by atoms with Crippen molar-refractivity contribution < 1.29 is 4.79 Å². The first-order valence-electron chi connectivity index (χ1n) is 9.12. The minimum absolute atomic E-state index is 0.0270. The number of hydrogen-bond acceptors (Lipinski definition) is 4. The van der Waals surface area contributed by atoms with E-state index in [4.69, 9.17) is 0 Å². The van der Waals surface area contributed by atoms with Crippen molar-refractivity contribution >= 4 is 11.6 Å². The van der Waals surface area contributed by atoms with Gasteiger partial charge in [0.2, 0.25) is 5.91 Å². The summed E-state index contributed by atoms with van der Waals surface area (Å²) in [5.74, 6) is -0.0270. The molecule has 0 saturated carbocycles. The number of anilines is 1. The molecule has 3 rings (SSSR count). The van der Waals surface area contributed by atoms with Crippen LogP contribution in [0.1, 0.15) is 31.7 Å². The number of hydrogen-bond donors (Lipinski definition) is 2. The van der Waals surface area contributed by atoms with E-state index in [2.05, 4.69) is 39.6 Å². The van der Waals surface area contributed by atoms with Gasteiger partial charge in [0.1, 0.15) is 0 Å². The number of rotatable bonds is 5. The van der Waals surface area contributed by atoms with E-state index in [0.717, 1.165) is 18.3 Å². The molecule has 0 spiro atoms. The minimum atomic E-state index is -0.0270. The molecule has 2 saturated heterocycles. The van der Waals surface area contributed by atoms with Gasteiger partial charge in [0.25, 0.3) is 0 Å². The summed E-state index contributed by atoms with van der Waals surface area (Å²) in [5.41, 5.74) is 2.13. The van der Waals surface area contributed by atoms with Gasteiger partial charge in [0.05, 0.1) is 0 Å². The van der Waals surface area contributed by atoms with E-state index in [1.165, 1.54) is 57.9 Å². The molecule has 24 heavy (non-hydrogen) atoms. The van der Waals surface area contributed by atoms with Gasteiger partial charge in [-0.15, -0.1) is 0 Å². The van der Waals surface area contributed by atoms with Crippen LogP contribution in [0.15, 0.2) is 24.3 Å². The van der Waals surface area contributed by atoms with Gasteiger partial charge in [-0.05, 0) is 57.1 Å². The third kappa shape index (κ3) is 4.79. The van der Waals surface area contributed by atoms with E-state index >= 15 is 0 Å². The van der Waals surface area contributed by atoms with Crippen molar-refractivity contribution in [3.8, 4) is 0 Å². The fourth-order valence-electron chi connectivity index (χ4n) is 3.82. The highest BCUT2D eigenvalue weighted by Gasteiger charge is 2.29. The summed E-state index contributed by atoms with van der Waals surface area (Å²) in [6.45, 7) is 7.31. The molecule has 1 aromatic rings. The fraction of sp³-hybridized carbons (Fsp3) is 0.632. The second-order valence-corrected chi connectivity index (χ2v) is 7.27. The monoisotopic (exact) mass is 330 g/mol. The number of benzene rings is 1. The molecule has 0 aliphatic carbocycles. The van der Waals surface area contributed by atoms with Gasteiger partial charge in [-0.3, -0.25) is 9.69 Å². The quantitative estimate of drug-likeness (QED) is 0.866. The first-order valence-corrected chi connectivity index (χ1v) is 9.12. The first kappa shape index (κ1) is 17.4. The Labute approximate surface area is 145 Å². The molecule has 2 aliphatic rings. The topological polar surface area (TPSA) is 47.6 Å². The van der Waals surface area contributed by atoms with Gasteiger partial charge in [-0.2, -0.15) is 0 Å². The number of nitrogens with one attached hydrogen (secondary N) is 2. The number of carbonyl (C=O) groups is 1. The van der Waals surface area contributed by atoms with Crippen molar-refractivity contribution in [1.82, 2.24) is 15.1 Å². The van der Waals surface area contributed by atoms with Crippen molar-refractivity contribution in [2.24, 2.45) is 0 Å². The standard InChI is InChI=1S/C19H30N4O/c1-15(24)21-17-5-3-16(4-6-17)13-20-18-7-12-23(14-18)19-8-10-22(2)11-9-19/h3-6,18-20H,7-14H2,1-2H3,(H,21,24). The van der Waals surface area contributed by atoms with Crippen LogP contribution in [-0.4, -0.2) is 61.0 Å². The first-order chi connectivity index (χ1) is 11.6. The molecular formula is C19H30N4O. The Morgan fingerprint density at radius 2 is 1.83 bits per heavy atom. The summed E-state index contributed by atoms with van der Waals surface area (Å²) in [6, 6.07) is 9.49. The van der Waals surface area contributed by atoms with Crippen molar-refractivity contribution in [1.29, 1.82) is 0 Å². The average Bonchev–Trinajstić information content (AvgIpc) is 3.03. The Bertz CT molecular complexity index is 537. The lowest BCUT2D eigenvalue weighted by Gasteiger charge is -2.35. The van der Waals surface area contributed by atoms with Crippen LogP contribution in [-0.2, 0) is 11.3 Å². The van der Waals surface area contributed by atoms with Crippen LogP contribution in [0.4, 0.5) is 5.69 Å². The lowest BCUT2D eigenvalue weighted by Crippen LogP contribution is -2.43. The van der Waals surface area contributed by atoms with Crippen LogP contribution in [0.25, 0.3) is 0 Å². The highest BCUT2D eigenvalue weighted by Crippen LogP contribution is 2.21. The van der Waals surface area contributed by atoms with Gasteiger partial charge >= 0.3 is 0 Å². The lowest BCUT2D eigenvalue weighted by molar-refractivity contribution is -0.114. The zero-order valence-electron chi connectivity index (χ0n) is 14.9. The van der Waals surface area contributed by atoms with Gasteiger partial charge in [-0.1, -0.05) is 12.1 Å². The van der Waals surface area contributed by atoms with E-state index < -0.39 is 0 Å². The Kier molecular flexibility index (Phi) is 5.87. The zero-order valence-corrected chi connectivity index (χ0v) is 14.9. The SMILES string of the molecule is CC(=O)Nc1ccc(CNC2CCN(C3CCN(C)CC3)C2)cc1. The van der Waals surface area contributed by atoms with E-state index in [0.29, 0.717) is 6.04 Å². The molecular weight excluding hydrogens is 300 g/mol. The zero-order chi connectivity index (χ0) is 16.9. The Morgan fingerprint density at radius 3 is 2.50 bits per heavy atom. The Hall–Kier alpha value is -1.43. The summed E-state index contributed by atoms with van der Waals surface area (Å²) >= 11 is 0. The van der Waals surface area contributed by atoms with E-state index in [9.17, 15) is 4.79 Å². The molecule has 0 bridgehead atoms. The van der Waals surface area contributed by atoms with Gasteiger partial charge in [0.15, 0.2) is 0 Å². The summed E-state index contributed by atoms with van der Waals surface area (Å²) in [5, 5.41) is 6.50. The maximum absolute atomic E-state index is 11.0. The van der Waals surface area contributed by atoms with Crippen molar-refractivity contribution in [3.05, 3.63) is 29.8 Å². The van der Waals surface area contributed by atoms with Gasteiger partial charge < -0.3 is 15.5 Å². The van der Waals surface area contributed by atoms with Crippen molar-refractivity contribution in [3.63, 3.8) is 0 Å². The largest absolute Gasteiger partial charge is 0.326 e.